The van der Waals surface area contributed by atoms with Gasteiger partial charge < -0.3 is 5.32 Å². The van der Waals surface area contributed by atoms with E-state index >= 15 is 0 Å². The zero-order chi connectivity index (χ0) is 9.54. The van der Waals surface area contributed by atoms with Crippen molar-refractivity contribution in [3.63, 3.8) is 0 Å². The van der Waals surface area contributed by atoms with Gasteiger partial charge in [0.25, 0.3) is 0 Å². The number of nitrogens with one attached hydrogen (secondary N) is 1. The van der Waals surface area contributed by atoms with E-state index in [1.54, 1.807) is 0 Å². The van der Waals surface area contributed by atoms with Crippen molar-refractivity contribution in [3.05, 3.63) is 12.2 Å². The molecule has 0 aromatic carbocycles. The van der Waals surface area contributed by atoms with Crippen LogP contribution in [-0.2, 0) is 0 Å². The van der Waals surface area contributed by atoms with Crippen molar-refractivity contribution in [2.45, 2.75) is 57.0 Å². The molecule has 3 aliphatic rings. The van der Waals surface area contributed by atoms with Crippen molar-refractivity contribution < 1.29 is 0 Å². The van der Waals surface area contributed by atoms with Crippen LogP contribution in [0, 0.1) is 11.8 Å². The third-order valence-corrected chi connectivity index (χ3v) is 4.65. The fraction of sp³-hybridized carbons (Fsp3) is 0.846. The smallest absolute Gasteiger partial charge is 0.0107 e. The summed E-state index contributed by atoms with van der Waals surface area (Å²) in [5.74, 6) is 1.94. The van der Waals surface area contributed by atoms with Gasteiger partial charge in [-0.05, 0) is 43.9 Å². The first kappa shape index (κ1) is 8.96. The highest BCUT2D eigenvalue weighted by atomic mass is 15.0. The highest BCUT2D eigenvalue weighted by Gasteiger charge is 2.44. The third kappa shape index (κ3) is 1.33. The van der Waals surface area contributed by atoms with E-state index in [9.17, 15) is 0 Å². The molecule has 78 valence electrons. The van der Waals surface area contributed by atoms with E-state index in [0.29, 0.717) is 0 Å². The highest BCUT2D eigenvalue weighted by molar-refractivity contribution is 5.10. The van der Waals surface area contributed by atoms with Crippen LogP contribution in [0.1, 0.15) is 44.9 Å². The zero-order valence-electron chi connectivity index (χ0n) is 8.97. The lowest BCUT2D eigenvalue weighted by molar-refractivity contribution is 0.253. The van der Waals surface area contributed by atoms with Gasteiger partial charge >= 0.3 is 0 Å². The Morgan fingerprint density at radius 2 is 1.79 bits per heavy atom. The molecule has 1 heterocycles. The van der Waals surface area contributed by atoms with E-state index in [4.69, 9.17) is 0 Å². The average Bonchev–Trinajstić information content (AvgIpc) is 2.56. The van der Waals surface area contributed by atoms with Crippen LogP contribution in [0.2, 0.25) is 0 Å². The molecule has 0 radical (unpaired) electrons. The van der Waals surface area contributed by atoms with Crippen LogP contribution in [0.5, 0.6) is 0 Å². The molecule has 0 aromatic rings. The molecule has 1 N–H and O–H groups in total. The van der Waals surface area contributed by atoms with E-state index < -0.39 is 0 Å². The first-order chi connectivity index (χ1) is 6.84. The molecule has 1 heteroatoms. The van der Waals surface area contributed by atoms with Crippen LogP contribution in [-0.4, -0.2) is 12.1 Å². The molecule has 2 aliphatic carbocycles. The van der Waals surface area contributed by atoms with Gasteiger partial charge in [-0.2, -0.15) is 0 Å². The summed E-state index contributed by atoms with van der Waals surface area (Å²) in [5, 5.41) is 3.87. The topological polar surface area (TPSA) is 12.0 Å². The van der Waals surface area contributed by atoms with Crippen molar-refractivity contribution >= 4 is 0 Å². The van der Waals surface area contributed by atoms with Crippen LogP contribution < -0.4 is 5.32 Å². The molecule has 14 heavy (non-hydrogen) atoms. The summed E-state index contributed by atoms with van der Waals surface area (Å²) in [6, 6.07) is 1.71. The molecule has 1 aliphatic heterocycles. The Kier molecular flexibility index (Phi) is 2.16. The molecule has 4 atom stereocenters. The Morgan fingerprint density at radius 3 is 2.71 bits per heavy atom. The number of hydrogen-bond acceptors (Lipinski definition) is 1. The Balaban J connectivity index is 1.78. The monoisotopic (exact) mass is 191 g/mol. The minimum atomic E-state index is 0.841. The van der Waals surface area contributed by atoms with E-state index in [0.717, 1.165) is 23.9 Å². The average molecular weight is 191 g/mol. The fourth-order valence-corrected chi connectivity index (χ4v) is 3.96. The first-order valence-corrected chi connectivity index (χ1v) is 6.27. The molecule has 0 amide bonds. The highest BCUT2D eigenvalue weighted by Crippen LogP contribution is 2.44. The lowest BCUT2D eigenvalue weighted by atomic mass is 9.72. The quantitative estimate of drug-likeness (QED) is 0.581. The van der Waals surface area contributed by atoms with Crippen LogP contribution in [0.25, 0.3) is 0 Å². The van der Waals surface area contributed by atoms with Gasteiger partial charge in [-0.1, -0.05) is 25.0 Å². The summed E-state index contributed by atoms with van der Waals surface area (Å²) in [4.78, 5) is 0. The van der Waals surface area contributed by atoms with Gasteiger partial charge in [0.2, 0.25) is 0 Å². The van der Waals surface area contributed by atoms with Crippen LogP contribution >= 0.6 is 0 Å². The summed E-state index contributed by atoms with van der Waals surface area (Å²) in [6.45, 7) is 4.18. The van der Waals surface area contributed by atoms with Crippen molar-refractivity contribution in [2.24, 2.45) is 11.8 Å². The molecule has 3 fully saturated rings. The van der Waals surface area contributed by atoms with Crippen molar-refractivity contribution in [1.29, 1.82) is 0 Å². The molecular formula is C13H21N. The maximum atomic E-state index is 4.18. The van der Waals surface area contributed by atoms with Gasteiger partial charge in [0, 0.05) is 12.1 Å². The predicted octanol–water partition coefficient (Wildman–Crippen LogP) is 2.87. The largest absolute Gasteiger partial charge is 0.311 e. The minimum absolute atomic E-state index is 0.841. The fourth-order valence-electron chi connectivity index (χ4n) is 3.96. The standard InChI is InChI=1S/C13H21N/c1-9-6-7-13-11(8-9)10-4-2-3-5-12(10)14-13/h10-14H,1-8H2. The molecular weight excluding hydrogens is 170 g/mol. The summed E-state index contributed by atoms with van der Waals surface area (Å²) >= 11 is 0. The Bertz CT molecular complexity index is 246. The van der Waals surface area contributed by atoms with Gasteiger partial charge in [-0.3, -0.25) is 0 Å². The summed E-state index contributed by atoms with van der Waals surface area (Å²) in [5.41, 5.74) is 1.51. The summed E-state index contributed by atoms with van der Waals surface area (Å²) in [6.07, 6.45) is 9.78. The van der Waals surface area contributed by atoms with Gasteiger partial charge in [-0.25, -0.2) is 0 Å². The molecule has 0 aromatic heterocycles. The maximum Gasteiger partial charge on any atom is 0.0107 e. The number of rotatable bonds is 0. The van der Waals surface area contributed by atoms with E-state index in [1.165, 1.54) is 50.5 Å². The summed E-state index contributed by atoms with van der Waals surface area (Å²) in [7, 11) is 0. The van der Waals surface area contributed by atoms with Crippen LogP contribution in [0.4, 0.5) is 0 Å². The zero-order valence-corrected chi connectivity index (χ0v) is 8.97. The molecule has 0 spiro atoms. The Morgan fingerprint density at radius 1 is 1.00 bits per heavy atom. The van der Waals surface area contributed by atoms with E-state index in [2.05, 4.69) is 11.9 Å². The molecule has 2 saturated carbocycles. The van der Waals surface area contributed by atoms with Crippen LogP contribution in [0.3, 0.4) is 0 Å². The third-order valence-electron chi connectivity index (χ3n) is 4.65. The molecule has 4 unspecified atom stereocenters. The molecule has 0 bridgehead atoms. The van der Waals surface area contributed by atoms with Gasteiger partial charge in [0.1, 0.15) is 0 Å². The Hall–Kier alpha value is -0.300. The predicted molar refractivity (Wildman–Crippen MR) is 59.2 cm³/mol. The van der Waals surface area contributed by atoms with Crippen molar-refractivity contribution in [1.82, 2.24) is 5.32 Å². The molecule has 1 nitrogen and oxygen atoms in total. The second kappa shape index (κ2) is 3.37. The first-order valence-electron chi connectivity index (χ1n) is 6.27. The van der Waals surface area contributed by atoms with Gasteiger partial charge in [-0.15, -0.1) is 0 Å². The van der Waals surface area contributed by atoms with Crippen molar-refractivity contribution in [2.75, 3.05) is 0 Å². The molecule has 3 rings (SSSR count). The van der Waals surface area contributed by atoms with Gasteiger partial charge in [0.05, 0.1) is 0 Å². The number of hydrogen-bond donors (Lipinski definition) is 1. The van der Waals surface area contributed by atoms with Crippen LogP contribution in [0.15, 0.2) is 12.2 Å². The summed E-state index contributed by atoms with van der Waals surface area (Å²) < 4.78 is 0. The van der Waals surface area contributed by atoms with Gasteiger partial charge in [0.15, 0.2) is 0 Å². The van der Waals surface area contributed by atoms with E-state index in [1.807, 2.05) is 0 Å². The van der Waals surface area contributed by atoms with Crippen molar-refractivity contribution in [3.8, 4) is 0 Å². The second-order valence-corrected chi connectivity index (χ2v) is 5.48. The lowest BCUT2D eigenvalue weighted by Crippen LogP contribution is -2.33. The SMILES string of the molecule is C=C1CCC2NC3CCCCC3C2C1. The second-order valence-electron chi connectivity index (χ2n) is 5.48. The Labute approximate surface area is 87.0 Å². The maximum absolute atomic E-state index is 4.18. The lowest BCUT2D eigenvalue weighted by Gasteiger charge is -2.31. The molecule has 1 saturated heterocycles. The van der Waals surface area contributed by atoms with E-state index in [-0.39, 0.29) is 0 Å². The minimum Gasteiger partial charge on any atom is -0.311 e. The number of allylic oxidation sites excluding steroid dienone is 1. The number of fused-ring (bicyclic) bond motifs is 3. The normalized spacial score (nSPS) is 47.3.